The van der Waals surface area contributed by atoms with Crippen LogP contribution in [-0.4, -0.2) is 52.9 Å². The first-order chi connectivity index (χ1) is 11.6. The number of primary amides is 1. The molecule has 8 heteroatoms. The van der Waals surface area contributed by atoms with Crippen LogP contribution in [0, 0.1) is 0 Å². The molecule has 128 valence electrons. The van der Waals surface area contributed by atoms with Crippen LogP contribution in [0.15, 0.2) is 24.5 Å². The van der Waals surface area contributed by atoms with Gasteiger partial charge in [0.15, 0.2) is 0 Å². The minimum atomic E-state index is -0.598. The molecule has 0 spiro atoms. The van der Waals surface area contributed by atoms with Gasteiger partial charge < -0.3 is 20.9 Å². The number of nitrogens with one attached hydrogen (secondary N) is 1. The third-order valence-corrected chi connectivity index (χ3v) is 4.55. The number of carbonyl (C=O) groups is 3. The number of aromatic nitrogens is 1. The molecule has 0 saturated carbocycles. The van der Waals surface area contributed by atoms with E-state index in [-0.39, 0.29) is 11.8 Å². The van der Waals surface area contributed by atoms with Crippen LogP contribution in [0.2, 0.25) is 0 Å². The van der Waals surface area contributed by atoms with Crippen molar-refractivity contribution in [3.63, 3.8) is 0 Å². The van der Waals surface area contributed by atoms with E-state index < -0.39 is 18.1 Å². The summed E-state index contributed by atoms with van der Waals surface area (Å²) in [5.74, 6) is -0.455. The van der Waals surface area contributed by atoms with E-state index in [2.05, 4.69) is 10.3 Å². The molecule has 2 aliphatic heterocycles. The van der Waals surface area contributed by atoms with Crippen molar-refractivity contribution in [1.29, 1.82) is 0 Å². The van der Waals surface area contributed by atoms with E-state index in [1.807, 2.05) is 6.07 Å². The van der Waals surface area contributed by atoms with Gasteiger partial charge in [0.05, 0.1) is 11.9 Å². The number of urea groups is 1. The predicted molar refractivity (Wildman–Crippen MR) is 87.1 cm³/mol. The van der Waals surface area contributed by atoms with Crippen molar-refractivity contribution in [1.82, 2.24) is 15.2 Å². The number of nitrogens with two attached hydrogens (primary N) is 1. The Kier molecular flexibility index (Phi) is 4.64. The van der Waals surface area contributed by atoms with Gasteiger partial charge in [-0.3, -0.25) is 14.6 Å². The maximum atomic E-state index is 12.7. The average molecular weight is 331 g/mol. The highest BCUT2D eigenvalue weighted by Gasteiger charge is 2.37. The van der Waals surface area contributed by atoms with Crippen molar-refractivity contribution in [3.05, 3.63) is 24.5 Å². The standard InChI is InChI=1S/C16H21N5O3/c17-16(24)21-9-3-6-13(21)14(22)19-12-5-2-8-20(15(12)23)11-4-1-7-18-10-11/h1,4,7,10,12-13H,2-3,5-6,8-9H2,(H2,17,24)(H,19,22)/t12?,13-/m0/s1. The Balaban J connectivity index is 1.67. The lowest BCUT2D eigenvalue weighted by atomic mass is 10.0. The topological polar surface area (TPSA) is 109 Å². The quantitative estimate of drug-likeness (QED) is 0.826. The number of anilines is 1. The van der Waals surface area contributed by atoms with Crippen molar-refractivity contribution in [2.75, 3.05) is 18.0 Å². The second-order valence-electron chi connectivity index (χ2n) is 6.09. The third-order valence-electron chi connectivity index (χ3n) is 4.55. The SMILES string of the molecule is NC(=O)N1CCC[C@H]1C(=O)NC1CCCN(c2cccnc2)C1=O. The van der Waals surface area contributed by atoms with E-state index >= 15 is 0 Å². The summed E-state index contributed by atoms with van der Waals surface area (Å²) in [5.41, 5.74) is 6.03. The van der Waals surface area contributed by atoms with Crippen molar-refractivity contribution in [2.45, 2.75) is 37.8 Å². The highest BCUT2D eigenvalue weighted by molar-refractivity contribution is 6.00. The fraction of sp³-hybridized carbons (Fsp3) is 0.500. The van der Waals surface area contributed by atoms with Crippen LogP contribution in [0.5, 0.6) is 0 Å². The van der Waals surface area contributed by atoms with Crippen molar-refractivity contribution >= 4 is 23.5 Å². The molecule has 3 rings (SSSR count). The van der Waals surface area contributed by atoms with Gasteiger partial charge in [0.1, 0.15) is 12.1 Å². The fourth-order valence-electron chi connectivity index (χ4n) is 3.35. The molecular formula is C16H21N5O3. The Bertz CT molecular complexity index is 636. The highest BCUT2D eigenvalue weighted by Crippen LogP contribution is 2.21. The fourth-order valence-corrected chi connectivity index (χ4v) is 3.35. The van der Waals surface area contributed by atoms with Gasteiger partial charge in [-0.2, -0.15) is 0 Å². The maximum absolute atomic E-state index is 12.7. The van der Waals surface area contributed by atoms with Crippen LogP contribution in [0.25, 0.3) is 0 Å². The molecule has 2 saturated heterocycles. The van der Waals surface area contributed by atoms with Gasteiger partial charge >= 0.3 is 6.03 Å². The molecule has 24 heavy (non-hydrogen) atoms. The number of amides is 4. The number of rotatable bonds is 3. The smallest absolute Gasteiger partial charge is 0.315 e. The van der Waals surface area contributed by atoms with Crippen LogP contribution < -0.4 is 16.0 Å². The minimum absolute atomic E-state index is 0.147. The molecule has 0 aliphatic carbocycles. The Hall–Kier alpha value is -2.64. The number of hydrogen-bond acceptors (Lipinski definition) is 4. The lowest BCUT2D eigenvalue weighted by Crippen LogP contribution is -2.56. The summed E-state index contributed by atoms with van der Waals surface area (Å²) >= 11 is 0. The first-order valence-corrected chi connectivity index (χ1v) is 8.16. The van der Waals surface area contributed by atoms with Crippen LogP contribution in [0.4, 0.5) is 10.5 Å². The molecular weight excluding hydrogens is 310 g/mol. The van der Waals surface area contributed by atoms with E-state index in [0.717, 1.165) is 18.5 Å². The monoisotopic (exact) mass is 331 g/mol. The summed E-state index contributed by atoms with van der Waals surface area (Å²) < 4.78 is 0. The summed E-state index contributed by atoms with van der Waals surface area (Å²) in [6, 6.07) is 1.83. The Morgan fingerprint density at radius 1 is 1.25 bits per heavy atom. The van der Waals surface area contributed by atoms with Crippen LogP contribution in [0.1, 0.15) is 25.7 Å². The summed E-state index contributed by atoms with van der Waals surface area (Å²) in [5, 5.41) is 2.80. The first-order valence-electron chi connectivity index (χ1n) is 8.16. The molecule has 8 nitrogen and oxygen atoms in total. The number of carbonyl (C=O) groups excluding carboxylic acids is 3. The van der Waals surface area contributed by atoms with E-state index in [9.17, 15) is 14.4 Å². The molecule has 1 aromatic heterocycles. The van der Waals surface area contributed by atoms with E-state index in [1.165, 1.54) is 4.90 Å². The zero-order valence-electron chi connectivity index (χ0n) is 13.4. The summed E-state index contributed by atoms with van der Waals surface area (Å²) in [7, 11) is 0. The largest absolute Gasteiger partial charge is 0.351 e. The molecule has 1 aromatic rings. The minimum Gasteiger partial charge on any atom is -0.351 e. The second kappa shape index (κ2) is 6.86. The number of piperidine rings is 1. The van der Waals surface area contributed by atoms with Gasteiger partial charge in [0.2, 0.25) is 11.8 Å². The molecule has 0 radical (unpaired) electrons. The third kappa shape index (κ3) is 3.17. The summed E-state index contributed by atoms with van der Waals surface area (Å²) in [6.07, 6.45) is 5.97. The Morgan fingerprint density at radius 3 is 2.75 bits per heavy atom. The van der Waals surface area contributed by atoms with Gasteiger partial charge in [-0.25, -0.2) is 4.79 Å². The van der Waals surface area contributed by atoms with Crippen molar-refractivity contribution in [2.24, 2.45) is 5.73 Å². The van der Waals surface area contributed by atoms with Gasteiger partial charge in [-0.05, 0) is 37.8 Å². The van der Waals surface area contributed by atoms with Crippen LogP contribution >= 0.6 is 0 Å². The van der Waals surface area contributed by atoms with Crippen molar-refractivity contribution in [3.8, 4) is 0 Å². The number of pyridine rings is 1. The maximum Gasteiger partial charge on any atom is 0.315 e. The lowest BCUT2D eigenvalue weighted by molar-refractivity contribution is -0.130. The molecule has 3 heterocycles. The molecule has 2 atom stereocenters. The average Bonchev–Trinajstić information content (AvgIpc) is 3.07. The van der Waals surface area contributed by atoms with Crippen LogP contribution in [-0.2, 0) is 9.59 Å². The van der Waals surface area contributed by atoms with Gasteiger partial charge in [0, 0.05) is 19.3 Å². The first kappa shape index (κ1) is 16.2. The zero-order valence-corrected chi connectivity index (χ0v) is 13.4. The number of likely N-dealkylation sites (tertiary alicyclic amines) is 1. The van der Waals surface area contributed by atoms with E-state index in [0.29, 0.717) is 25.9 Å². The normalized spacial score (nSPS) is 24.1. The van der Waals surface area contributed by atoms with Crippen molar-refractivity contribution < 1.29 is 14.4 Å². The zero-order chi connectivity index (χ0) is 17.1. The summed E-state index contributed by atoms with van der Waals surface area (Å²) in [4.78, 5) is 43.6. The number of nitrogens with zero attached hydrogens (tertiary/aromatic N) is 3. The lowest BCUT2D eigenvalue weighted by Gasteiger charge is -2.33. The molecule has 2 fully saturated rings. The molecule has 0 bridgehead atoms. The van der Waals surface area contributed by atoms with Gasteiger partial charge in [-0.1, -0.05) is 0 Å². The highest BCUT2D eigenvalue weighted by atomic mass is 16.2. The number of hydrogen-bond donors (Lipinski definition) is 2. The summed E-state index contributed by atoms with van der Waals surface area (Å²) in [6.45, 7) is 1.08. The Labute approximate surface area is 140 Å². The molecule has 4 amide bonds. The molecule has 1 unspecified atom stereocenters. The van der Waals surface area contributed by atoms with Gasteiger partial charge in [0.25, 0.3) is 0 Å². The Morgan fingerprint density at radius 2 is 2.04 bits per heavy atom. The molecule has 3 N–H and O–H groups in total. The molecule has 0 aromatic carbocycles. The van der Waals surface area contributed by atoms with E-state index in [1.54, 1.807) is 23.4 Å². The predicted octanol–water partition coefficient (Wildman–Crippen LogP) is 0.236. The van der Waals surface area contributed by atoms with Crippen LogP contribution in [0.3, 0.4) is 0 Å². The molecule has 2 aliphatic rings. The second-order valence-corrected chi connectivity index (χ2v) is 6.09. The van der Waals surface area contributed by atoms with Gasteiger partial charge in [-0.15, -0.1) is 0 Å². The van der Waals surface area contributed by atoms with E-state index in [4.69, 9.17) is 5.73 Å².